The molecule has 0 aliphatic carbocycles. The van der Waals surface area contributed by atoms with Crippen molar-refractivity contribution in [1.29, 1.82) is 0 Å². The lowest BCUT2D eigenvalue weighted by atomic mass is 9.95. The average molecular weight is 307 g/mol. The molecule has 0 fully saturated rings. The van der Waals surface area contributed by atoms with Crippen LogP contribution >= 0.6 is 11.6 Å². The molecule has 0 saturated heterocycles. The summed E-state index contributed by atoms with van der Waals surface area (Å²) in [6.07, 6.45) is -3.78. The van der Waals surface area contributed by atoms with Crippen LogP contribution in [0.1, 0.15) is 13.3 Å². The van der Waals surface area contributed by atoms with Crippen LogP contribution in [0.3, 0.4) is 0 Å². The topological polar surface area (TPSA) is 66.4 Å². The Morgan fingerprint density at radius 2 is 2.20 bits per heavy atom. The Labute approximate surface area is 117 Å². The molecular formula is C11H10ClF3N4O. The van der Waals surface area contributed by atoms with Gasteiger partial charge in [0.2, 0.25) is 0 Å². The van der Waals surface area contributed by atoms with Crippen molar-refractivity contribution in [1.82, 2.24) is 10.4 Å². The van der Waals surface area contributed by atoms with Crippen molar-refractivity contribution in [3.05, 3.63) is 23.5 Å². The van der Waals surface area contributed by atoms with E-state index in [1.165, 1.54) is 25.3 Å². The molecule has 0 aromatic carbocycles. The zero-order valence-corrected chi connectivity index (χ0v) is 11.0. The molecule has 1 aliphatic heterocycles. The lowest BCUT2D eigenvalue weighted by Gasteiger charge is -2.22. The van der Waals surface area contributed by atoms with E-state index in [0.29, 0.717) is 5.69 Å². The highest BCUT2D eigenvalue weighted by Crippen LogP contribution is 2.28. The average Bonchev–Trinajstić information content (AvgIpc) is 2.76. The molecule has 1 aromatic rings. The first kappa shape index (κ1) is 14.6. The van der Waals surface area contributed by atoms with Gasteiger partial charge in [-0.05, 0) is 19.1 Å². The van der Waals surface area contributed by atoms with Gasteiger partial charge in [0, 0.05) is 6.42 Å². The maximum absolute atomic E-state index is 12.5. The number of alkyl halides is 3. The van der Waals surface area contributed by atoms with Crippen LogP contribution in [0.4, 0.5) is 18.9 Å². The predicted octanol–water partition coefficient (Wildman–Crippen LogP) is 2.34. The maximum Gasteiger partial charge on any atom is 0.431 e. The van der Waals surface area contributed by atoms with Gasteiger partial charge in [-0.2, -0.15) is 18.3 Å². The maximum atomic E-state index is 12.5. The number of carbonyl (C=O) groups is 1. The second-order valence-electron chi connectivity index (χ2n) is 4.50. The summed E-state index contributed by atoms with van der Waals surface area (Å²) >= 11 is 5.59. The smallest absolute Gasteiger partial charge is 0.323 e. The number of anilines is 1. The summed E-state index contributed by atoms with van der Waals surface area (Å²) in [5.74, 6) is -0.635. The quantitative estimate of drug-likeness (QED) is 0.824. The number of hydrogen-bond donors (Lipinski definition) is 2. The molecule has 5 nitrogen and oxygen atoms in total. The van der Waals surface area contributed by atoms with Crippen molar-refractivity contribution in [2.45, 2.75) is 25.1 Å². The first-order valence-electron chi connectivity index (χ1n) is 5.55. The van der Waals surface area contributed by atoms with Gasteiger partial charge in [-0.1, -0.05) is 11.6 Å². The number of nitrogens with one attached hydrogen (secondary N) is 2. The minimum Gasteiger partial charge on any atom is -0.323 e. The Bertz CT molecular complexity index is 558. The number of nitrogens with zero attached hydrogens (tertiary/aromatic N) is 2. The van der Waals surface area contributed by atoms with Gasteiger partial charge in [0.15, 0.2) is 0 Å². The van der Waals surface area contributed by atoms with Crippen molar-refractivity contribution in [2.75, 3.05) is 5.32 Å². The van der Waals surface area contributed by atoms with E-state index in [4.69, 9.17) is 11.6 Å². The van der Waals surface area contributed by atoms with Crippen LogP contribution in [0.15, 0.2) is 23.4 Å². The summed E-state index contributed by atoms with van der Waals surface area (Å²) in [6.45, 7) is 1.34. The number of halogens is 4. The molecule has 2 N–H and O–H groups in total. The van der Waals surface area contributed by atoms with Gasteiger partial charge in [0.1, 0.15) is 16.4 Å². The van der Waals surface area contributed by atoms with E-state index in [1.54, 1.807) is 0 Å². The Morgan fingerprint density at radius 3 is 2.70 bits per heavy atom. The van der Waals surface area contributed by atoms with Gasteiger partial charge < -0.3 is 5.32 Å². The van der Waals surface area contributed by atoms with Crippen LogP contribution in [0.2, 0.25) is 5.15 Å². The molecular weight excluding hydrogens is 297 g/mol. The zero-order chi connectivity index (χ0) is 15.0. The number of pyridine rings is 1. The molecule has 20 heavy (non-hydrogen) atoms. The molecule has 1 unspecified atom stereocenters. The Hall–Kier alpha value is -1.83. The molecule has 0 saturated carbocycles. The Kier molecular flexibility index (Phi) is 3.59. The summed E-state index contributed by atoms with van der Waals surface area (Å²) in [7, 11) is 0. The monoisotopic (exact) mass is 306 g/mol. The second kappa shape index (κ2) is 4.93. The molecule has 1 atom stereocenters. The molecule has 0 radical (unpaired) electrons. The predicted molar refractivity (Wildman–Crippen MR) is 67.5 cm³/mol. The van der Waals surface area contributed by atoms with E-state index in [0.717, 1.165) is 0 Å². The third kappa shape index (κ3) is 3.01. The van der Waals surface area contributed by atoms with E-state index in [2.05, 4.69) is 20.8 Å². The molecule has 2 rings (SSSR count). The first-order valence-corrected chi connectivity index (χ1v) is 5.92. The van der Waals surface area contributed by atoms with E-state index < -0.39 is 29.8 Å². The van der Waals surface area contributed by atoms with E-state index in [1.807, 2.05) is 0 Å². The molecule has 1 aromatic heterocycles. The van der Waals surface area contributed by atoms with Crippen LogP contribution in [0.5, 0.6) is 0 Å². The number of hydrazone groups is 1. The fourth-order valence-corrected chi connectivity index (χ4v) is 1.73. The van der Waals surface area contributed by atoms with Gasteiger partial charge >= 0.3 is 6.18 Å². The van der Waals surface area contributed by atoms with Gasteiger partial charge in [0.25, 0.3) is 5.91 Å². The highest BCUT2D eigenvalue weighted by Gasteiger charge is 2.48. The van der Waals surface area contributed by atoms with Crippen LogP contribution in [0.25, 0.3) is 0 Å². The third-order valence-corrected chi connectivity index (χ3v) is 3.00. The van der Waals surface area contributed by atoms with Crippen LogP contribution in [-0.2, 0) is 4.79 Å². The van der Waals surface area contributed by atoms with E-state index in [9.17, 15) is 18.0 Å². The summed E-state index contributed by atoms with van der Waals surface area (Å²) < 4.78 is 37.5. The normalized spacial score (nSPS) is 22.1. The molecule has 2 heterocycles. The Balaban J connectivity index is 2.05. The standard InChI is InChI=1S/C11H10ClF3N4O/c1-10(4-7(18-19-10)11(13,14)15)9(20)17-6-2-3-8(12)16-5-6/h2-3,5,19H,4H2,1H3,(H,17,20). The fourth-order valence-electron chi connectivity index (χ4n) is 1.62. The lowest BCUT2D eigenvalue weighted by molar-refractivity contribution is -0.121. The number of hydrogen-bond acceptors (Lipinski definition) is 4. The van der Waals surface area contributed by atoms with Crippen molar-refractivity contribution in [3.8, 4) is 0 Å². The number of rotatable bonds is 2. The second-order valence-corrected chi connectivity index (χ2v) is 4.89. The molecule has 1 aliphatic rings. The summed E-state index contributed by atoms with van der Waals surface area (Å²) in [6, 6.07) is 2.95. The molecule has 0 spiro atoms. The lowest BCUT2D eigenvalue weighted by Crippen LogP contribution is -2.48. The molecule has 1 amide bonds. The highest BCUT2D eigenvalue weighted by molar-refractivity contribution is 6.29. The largest absolute Gasteiger partial charge is 0.431 e. The minimum atomic E-state index is -4.55. The number of carbonyl (C=O) groups excluding carboxylic acids is 1. The molecule has 0 bridgehead atoms. The van der Waals surface area contributed by atoms with Gasteiger partial charge in [-0.15, -0.1) is 0 Å². The van der Waals surface area contributed by atoms with Crippen molar-refractivity contribution >= 4 is 28.9 Å². The SMILES string of the molecule is CC1(C(=O)Nc2ccc(Cl)nc2)CC(C(F)(F)F)=NN1. The summed E-state index contributed by atoms with van der Waals surface area (Å²) in [5, 5.41) is 5.89. The van der Waals surface area contributed by atoms with Crippen LogP contribution < -0.4 is 10.7 Å². The van der Waals surface area contributed by atoms with Crippen LogP contribution in [0, 0.1) is 0 Å². The Morgan fingerprint density at radius 1 is 1.50 bits per heavy atom. The summed E-state index contributed by atoms with van der Waals surface area (Å²) in [5.41, 5.74) is 0.103. The van der Waals surface area contributed by atoms with E-state index in [-0.39, 0.29) is 5.15 Å². The number of amides is 1. The van der Waals surface area contributed by atoms with Gasteiger partial charge in [-0.3, -0.25) is 10.2 Å². The molecule has 108 valence electrons. The third-order valence-electron chi connectivity index (χ3n) is 2.77. The first-order chi connectivity index (χ1) is 9.21. The number of aromatic nitrogens is 1. The minimum absolute atomic E-state index is 0.246. The zero-order valence-electron chi connectivity index (χ0n) is 10.3. The van der Waals surface area contributed by atoms with Crippen molar-refractivity contribution < 1.29 is 18.0 Å². The fraction of sp³-hybridized carbons (Fsp3) is 0.364. The van der Waals surface area contributed by atoms with E-state index >= 15 is 0 Å². The highest BCUT2D eigenvalue weighted by atomic mass is 35.5. The van der Waals surface area contributed by atoms with Crippen LogP contribution in [-0.4, -0.2) is 28.3 Å². The summed E-state index contributed by atoms with van der Waals surface area (Å²) in [4.78, 5) is 15.8. The van der Waals surface area contributed by atoms with Gasteiger partial charge in [-0.25, -0.2) is 4.98 Å². The van der Waals surface area contributed by atoms with Crippen molar-refractivity contribution in [3.63, 3.8) is 0 Å². The van der Waals surface area contributed by atoms with Crippen molar-refractivity contribution in [2.24, 2.45) is 5.10 Å². The molecule has 9 heteroatoms. The van der Waals surface area contributed by atoms with Gasteiger partial charge in [0.05, 0.1) is 11.9 Å².